The highest BCUT2D eigenvalue weighted by atomic mass is 16.6. The van der Waals surface area contributed by atoms with Crippen molar-refractivity contribution in [1.29, 1.82) is 5.26 Å². The first-order valence-electron chi connectivity index (χ1n) is 6.64. The van der Waals surface area contributed by atoms with Gasteiger partial charge in [-0.1, -0.05) is 0 Å². The maximum atomic E-state index is 11.1. The van der Waals surface area contributed by atoms with E-state index in [9.17, 15) is 10.1 Å². The molecule has 1 fully saturated rings. The van der Waals surface area contributed by atoms with E-state index in [2.05, 4.69) is 5.32 Å². The van der Waals surface area contributed by atoms with Gasteiger partial charge in [0.25, 0.3) is 5.69 Å². The maximum absolute atomic E-state index is 11.1. The molecule has 20 heavy (non-hydrogen) atoms. The Bertz CT molecular complexity index is 533. The van der Waals surface area contributed by atoms with Crippen LogP contribution in [0.4, 0.5) is 11.4 Å². The van der Waals surface area contributed by atoms with Gasteiger partial charge in [-0.2, -0.15) is 5.26 Å². The largest absolute Gasteiger partial charge is 0.381 e. The third-order valence-electron chi connectivity index (χ3n) is 3.68. The van der Waals surface area contributed by atoms with Crippen molar-refractivity contribution < 1.29 is 9.66 Å². The first-order chi connectivity index (χ1) is 9.61. The molecular weight excluding hydrogens is 258 g/mol. The van der Waals surface area contributed by atoms with E-state index >= 15 is 0 Å². The molecule has 1 unspecified atom stereocenters. The third kappa shape index (κ3) is 3.25. The zero-order valence-corrected chi connectivity index (χ0v) is 11.3. The average molecular weight is 275 g/mol. The highest BCUT2D eigenvalue weighted by Gasteiger charge is 2.23. The molecule has 1 atom stereocenters. The summed E-state index contributed by atoms with van der Waals surface area (Å²) in [6, 6.07) is 6.55. The number of hydrogen-bond acceptors (Lipinski definition) is 5. The lowest BCUT2D eigenvalue weighted by atomic mass is 9.92. The summed E-state index contributed by atoms with van der Waals surface area (Å²) in [5.41, 5.74) is 0.705. The van der Waals surface area contributed by atoms with Crippen LogP contribution in [0.1, 0.15) is 25.3 Å². The molecular formula is C14H17N3O3. The first-order valence-corrected chi connectivity index (χ1v) is 6.64. The van der Waals surface area contributed by atoms with Gasteiger partial charge < -0.3 is 10.1 Å². The van der Waals surface area contributed by atoms with Gasteiger partial charge in [0.1, 0.15) is 5.69 Å². The number of nitro groups is 1. The molecule has 0 radical (unpaired) electrons. The zero-order chi connectivity index (χ0) is 14.5. The fourth-order valence-electron chi connectivity index (χ4n) is 2.45. The third-order valence-corrected chi connectivity index (χ3v) is 3.68. The summed E-state index contributed by atoms with van der Waals surface area (Å²) in [5.74, 6) is 0.444. The number of anilines is 1. The van der Waals surface area contributed by atoms with Crippen LogP contribution in [-0.4, -0.2) is 24.2 Å². The lowest BCUT2D eigenvalue weighted by Crippen LogP contribution is -2.31. The number of nitrogens with zero attached hydrogens (tertiary/aromatic N) is 2. The molecule has 0 aliphatic carbocycles. The number of nitro benzene ring substituents is 1. The van der Waals surface area contributed by atoms with Crippen LogP contribution < -0.4 is 5.32 Å². The summed E-state index contributed by atoms with van der Waals surface area (Å²) in [4.78, 5) is 10.6. The van der Waals surface area contributed by atoms with Crippen LogP contribution in [0, 0.1) is 27.4 Å². The standard InChI is InChI=1S/C14H17N3O3/c1-10(12-4-6-20-7-5-12)16-13-3-2-11(9-15)8-14(13)17(18)19/h2-3,8,10,12,16H,4-7H2,1H3. The molecule has 0 amide bonds. The van der Waals surface area contributed by atoms with Crippen LogP contribution in [0.15, 0.2) is 18.2 Å². The molecule has 0 bridgehead atoms. The number of rotatable bonds is 4. The van der Waals surface area contributed by atoms with Crippen LogP contribution in [0.5, 0.6) is 0 Å². The number of nitriles is 1. The van der Waals surface area contributed by atoms with Crippen molar-refractivity contribution in [3.05, 3.63) is 33.9 Å². The molecule has 1 aliphatic rings. The van der Waals surface area contributed by atoms with Gasteiger partial charge in [0, 0.05) is 25.3 Å². The minimum atomic E-state index is -0.458. The molecule has 6 heteroatoms. The summed E-state index contributed by atoms with van der Waals surface area (Å²) in [6.45, 7) is 3.51. The van der Waals surface area contributed by atoms with E-state index in [-0.39, 0.29) is 11.7 Å². The molecule has 1 aromatic carbocycles. The van der Waals surface area contributed by atoms with Gasteiger partial charge in [-0.05, 0) is 37.8 Å². The quantitative estimate of drug-likeness (QED) is 0.674. The predicted molar refractivity (Wildman–Crippen MR) is 74.4 cm³/mol. The summed E-state index contributed by atoms with van der Waals surface area (Å²) in [6.07, 6.45) is 1.91. The van der Waals surface area contributed by atoms with E-state index in [0.29, 0.717) is 17.2 Å². The Morgan fingerprint density at radius 3 is 2.80 bits per heavy atom. The SMILES string of the molecule is CC(Nc1ccc(C#N)cc1[N+](=O)[O-])C1CCOCC1. The molecule has 0 spiro atoms. The van der Waals surface area contributed by atoms with Crippen molar-refractivity contribution in [2.24, 2.45) is 5.92 Å². The van der Waals surface area contributed by atoms with Crippen LogP contribution in [0.2, 0.25) is 0 Å². The molecule has 1 N–H and O–H groups in total. The lowest BCUT2D eigenvalue weighted by Gasteiger charge is -2.28. The molecule has 1 aliphatic heterocycles. The number of nitrogens with one attached hydrogen (secondary N) is 1. The van der Waals surface area contributed by atoms with Crippen molar-refractivity contribution >= 4 is 11.4 Å². The van der Waals surface area contributed by atoms with Crippen LogP contribution in [0.3, 0.4) is 0 Å². The van der Waals surface area contributed by atoms with Crippen molar-refractivity contribution in [3.8, 4) is 6.07 Å². The molecule has 0 saturated carbocycles. The summed E-state index contributed by atoms with van der Waals surface area (Å²) < 4.78 is 5.32. The maximum Gasteiger partial charge on any atom is 0.293 e. The van der Waals surface area contributed by atoms with Gasteiger partial charge in [0.05, 0.1) is 16.6 Å². The Hall–Kier alpha value is -2.13. The molecule has 2 rings (SSSR count). The van der Waals surface area contributed by atoms with Gasteiger partial charge in [0.2, 0.25) is 0 Å². The summed E-state index contributed by atoms with van der Waals surface area (Å²) in [7, 11) is 0. The minimum Gasteiger partial charge on any atom is -0.381 e. The number of benzene rings is 1. The molecule has 106 valence electrons. The monoisotopic (exact) mass is 275 g/mol. The van der Waals surface area contributed by atoms with Crippen molar-refractivity contribution in [2.45, 2.75) is 25.8 Å². The fourth-order valence-corrected chi connectivity index (χ4v) is 2.45. The Morgan fingerprint density at radius 2 is 2.20 bits per heavy atom. The number of hydrogen-bond donors (Lipinski definition) is 1. The fraction of sp³-hybridized carbons (Fsp3) is 0.500. The van der Waals surface area contributed by atoms with Crippen LogP contribution in [0.25, 0.3) is 0 Å². The van der Waals surface area contributed by atoms with Gasteiger partial charge in [-0.15, -0.1) is 0 Å². The zero-order valence-electron chi connectivity index (χ0n) is 11.3. The van der Waals surface area contributed by atoms with E-state index < -0.39 is 4.92 Å². The van der Waals surface area contributed by atoms with Crippen LogP contribution in [-0.2, 0) is 4.74 Å². The molecule has 0 aromatic heterocycles. The smallest absolute Gasteiger partial charge is 0.293 e. The average Bonchev–Trinajstić information content (AvgIpc) is 2.48. The van der Waals surface area contributed by atoms with Gasteiger partial charge in [-0.25, -0.2) is 0 Å². The van der Waals surface area contributed by atoms with Crippen LogP contribution >= 0.6 is 0 Å². The second-order valence-corrected chi connectivity index (χ2v) is 4.98. The highest BCUT2D eigenvalue weighted by Crippen LogP contribution is 2.28. The first kappa shape index (κ1) is 14.3. The Kier molecular flexibility index (Phi) is 4.53. The van der Waals surface area contributed by atoms with Crippen molar-refractivity contribution in [1.82, 2.24) is 0 Å². The second kappa shape index (κ2) is 6.35. The normalized spacial score (nSPS) is 17.2. The number of ether oxygens (including phenoxy) is 1. The highest BCUT2D eigenvalue weighted by molar-refractivity contribution is 5.64. The molecule has 1 aromatic rings. The van der Waals surface area contributed by atoms with E-state index in [0.717, 1.165) is 26.1 Å². The summed E-state index contributed by atoms with van der Waals surface area (Å²) >= 11 is 0. The minimum absolute atomic E-state index is 0.0528. The lowest BCUT2D eigenvalue weighted by molar-refractivity contribution is -0.384. The Balaban J connectivity index is 2.15. The summed E-state index contributed by atoms with van der Waals surface area (Å²) in [5, 5.41) is 23.1. The second-order valence-electron chi connectivity index (χ2n) is 4.98. The van der Waals surface area contributed by atoms with E-state index in [1.165, 1.54) is 6.07 Å². The Morgan fingerprint density at radius 1 is 1.50 bits per heavy atom. The van der Waals surface area contributed by atoms with Crippen molar-refractivity contribution in [3.63, 3.8) is 0 Å². The molecule has 6 nitrogen and oxygen atoms in total. The van der Waals surface area contributed by atoms with E-state index in [4.69, 9.17) is 10.00 Å². The molecule has 1 heterocycles. The topological polar surface area (TPSA) is 88.2 Å². The predicted octanol–water partition coefficient (Wildman–Crippen LogP) is 2.69. The molecule has 1 saturated heterocycles. The van der Waals surface area contributed by atoms with Gasteiger partial charge in [-0.3, -0.25) is 10.1 Å². The van der Waals surface area contributed by atoms with Gasteiger partial charge in [0.15, 0.2) is 0 Å². The van der Waals surface area contributed by atoms with E-state index in [1.807, 2.05) is 13.0 Å². The van der Waals surface area contributed by atoms with Crippen molar-refractivity contribution in [2.75, 3.05) is 18.5 Å². The Labute approximate surface area is 117 Å². The van der Waals surface area contributed by atoms with E-state index in [1.54, 1.807) is 12.1 Å². The van der Waals surface area contributed by atoms with Gasteiger partial charge >= 0.3 is 0 Å².